The Morgan fingerprint density at radius 2 is 1.78 bits per heavy atom. The minimum absolute atomic E-state index is 0.249. The summed E-state index contributed by atoms with van der Waals surface area (Å²) in [5.74, 6) is 1.84. The molecule has 0 aromatic heterocycles. The van der Waals surface area contributed by atoms with E-state index in [1.165, 1.54) is 6.42 Å². The van der Waals surface area contributed by atoms with Crippen molar-refractivity contribution in [3.8, 4) is 0 Å². The van der Waals surface area contributed by atoms with Gasteiger partial charge in [0, 0.05) is 32.0 Å². The zero-order valence-corrected chi connectivity index (χ0v) is 12.2. The summed E-state index contributed by atoms with van der Waals surface area (Å²) in [7, 11) is 0. The summed E-state index contributed by atoms with van der Waals surface area (Å²) in [4.78, 5) is 14.6. The van der Waals surface area contributed by atoms with Gasteiger partial charge in [-0.3, -0.25) is 9.69 Å². The van der Waals surface area contributed by atoms with Crippen LogP contribution in [0.4, 0.5) is 0 Å². The third kappa shape index (κ3) is 3.33. The molecule has 2 rings (SSSR count). The molecular formula is C15H27NO2. The predicted molar refractivity (Wildman–Crippen MR) is 72.5 cm³/mol. The third-order valence-corrected chi connectivity index (χ3v) is 4.37. The normalized spacial score (nSPS) is 43.1. The number of carbonyl (C=O) groups excluding carboxylic acids is 1. The summed E-state index contributed by atoms with van der Waals surface area (Å²) >= 11 is 0. The highest BCUT2D eigenvalue weighted by Gasteiger charge is 2.34. The average Bonchev–Trinajstić information content (AvgIpc) is 2.22. The number of rotatable bonds is 2. The summed E-state index contributed by atoms with van der Waals surface area (Å²) in [6.45, 7) is 11.6. The van der Waals surface area contributed by atoms with E-state index in [2.05, 4.69) is 32.6 Å². The number of hydrogen-bond donors (Lipinski definition) is 0. The second-order valence-corrected chi connectivity index (χ2v) is 6.57. The highest BCUT2D eigenvalue weighted by Crippen LogP contribution is 2.32. The summed E-state index contributed by atoms with van der Waals surface area (Å²) in [6, 6.07) is 0. The zero-order chi connectivity index (χ0) is 13.3. The minimum atomic E-state index is 0.249. The van der Waals surface area contributed by atoms with Gasteiger partial charge >= 0.3 is 0 Å². The first-order valence-corrected chi connectivity index (χ1v) is 7.36. The molecule has 104 valence electrons. The highest BCUT2D eigenvalue weighted by atomic mass is 16.5. The lowest BCUT2D eigenvalue weighted by molar-refractivity contribution is -0.131. The van der Waals surface area contributed by atoms with Gasteiger partial charge < -0.3 is 4.74 Å². The smallest absolute Gasteiger partial charge is 0.137 e. The molecular weight excluding hydrogens is 226 g/mol. The molecule has 0 amide bonds. The molecule has 1 saturated heterocycles. The van der Waals surface area contributed by atoms with Crippen molar-refractivity contribution in [3.63, 3.8) is 0 Å². The third-order valence-electron chi connectivity index (χ3n) is 4.37. The first-order valence-electron chi connectivity index (χ1n) is 7.36. The van der Waals surface area contributed by atoms with Crippen LogP contribution in [0.5, 0.6) is 0 Å². The maximum absolute atomic E-state index is 12.2. The van der Waals surface area contributed by atoms with Crippen molar-refractivity contribution in [2.45, 2.75) is 52.7 Å². The van der Waals surface area contributed by atoms with E-state index >= 15 is 0 Å². The van der Waals surface area contributed by atoms with Gasteiger partial charge in [-0.15, -0.1) is 0 Å². The molecule has 0 aromatic carbocycles. The van der Waals surface area contributed by atoms with Gasteiger partial charge in [0.25, 0.3) is 0 Å². The van der Waals surface area contributed by atoms with Gasteiger partial charge in [0.2, 0.25) is 0 Å². The van der Waals surface area contributed by atoms with Gasteiger partial charge in [0.15, 0.2) is 0 Å². The van der Waals surface area contributed by atoms with Crippen molar-refractivity contribution in [2.75, 3.05) is 19.6 Å². The van der Waals surface area contributed by atoms with Crippen LogP contribution in [-0.2, 0) is 9.53 Å². The molecule has 5 atom stereocenters. The standard InChI is InChI=1S/C15H27NO2/c1-10-5-11(2)14(15(17)6-10)9-16-7-12(3)18-13(4)8-16/h10-14H,5-9H2,1-4H3. The molecule has 0 aromatic rings. The first-order chi connectivity index (χ1) is 8.45. The van der Waals surface area contributed by atoms with E-state index in [4.69, 9.17) is 4.74 Å². The highest BCUT2D eigenvalue weighted by molar-refractivity contribution is 5.82. The van der Waals surface area contributed by atoms with Crippen molar-refractivity contribution in [2.24, 2.45) is 17.8 Å². The Kier molecular flexibility index (Phi) is 4.44. The quantitative estimate of drug-likeness (QED) is 0.756. The van der Waals surface area contributed by atoms with E-state index in [1.807, 2.05) is 0 Å². The van der Waals surface area contributed by atoms with Crippen LogP contribution in [0.1, 0.15) is 40.5 Å². The molecule has 1 aliphatic carbocycles. The minimum Gasteiger partial charge on any atom is -0.373 e. The second-order valence-electron chi connectivity index (χ2n) is 6.57. The number of Topliss-reactive ketones (excluding diaryl/α,β-unsaturated/α-hetero) is 1. The largest absolute Gasteiger partial charge is 0.373 e. The molecule has 2 fully saturated rings. The lowest BCUT2D eigenvalue weighted by Gasteiger charge is -2.40. The maximum Gasteiger partial charge on any atom is 0.137 e. The van der Waals surface area contributed by atoms with Crippen LogP contribution >= 0.6 is 0 Å². The summed E-state index contributed by atoms with van der Waals surface area (Å²) in [6.07, 6.45) is 2.57. The molecule has 5 unspecified atom stereocenters. The summed E-state index contributed by atoms with van der Waals surface area (Å²) < 4.78 is 5.75. The topological polar surface area (TPSA) is 29.5 Å². The Hall–Kier alpha value is -0.410. The second kappa shape index (κ2) is 5.70. The van der Waals surface area contributed by atoms with Crippen molar-refractivity contribution >= 4 is 5.78 Å². The Morgan fingerprint density at radius 1 is 1.17 bits per heavy atom. The Balaban J connectivity index is 1.93. The number of ketones is 1. The van der Waals surface area contributed by atoms with Gasteiger partial charge in [0.05, 0.1) is 12.2 Å². The summed E-state index contributed by atoms with van der Waals surface area (Å²) in [5, 5.41) is 0. The average molecular weight is 253 g/mol. The first kappa shape index (κ1) is 14.0. The molecule has 3 nitrogen and oxygen atoms in total. The molecule has 1 saturated carbocycles. The van der Waals surface area contributed by atoms with Gasteiger partial charge in [-0.05, 0) is 32.1 Å². The lowest BCUT2D eigenvalue weighted by atomic mass is 9.74. The van der Waals surface area contributed by atoms with Crippen LogP contribution in [-0.4, -0.2) is 42.5 Å². The number of carbonyl (C=O) groups is 1. The van der Waals surface area contributed by atoms with Gasteiger partial charge in [0.1, 0.15) is 5.78 Å². The Morgan fingerprint density at radius 3 is 2.33 bits per heavy atom. The van der Waals surface area contributed by atoms with E-state index in [9.17, 15) is 4.79 Å². The number of hydrogen-bond acceptors (Lipinski definition) is 3. The fourth-order valence-electron chi connectivity index (χ4n) is 3.69. The molecule has 18 heavy (non-hydrogen) atoms. The van der Waals surface area contributed by atoms with Crippen LogP contribution in [0.15, 0.2) is 0 Å². The Bertz CT molecular complexity index is 295. The molecule has 1 heterocycles. The number of nitrogens with zero attached hydrogens (tertiary/aromatic N) is 1. The zero-order valence-electron chi connectivity index (χ0n) is 12.2. The molecule has 3 heteroatoms. The van der Waals surface area contributed by atoms with E-state index < -0.39 is 0 Å². The van der Waals surface area contributed by atoms with Crippen LogP contribution in [0.3, 0.4) is 0 Å². The van der Waals surface area contributed by atoms with Crippen molar-refractivity contribution in [3.05, 3.63) is 0 Å². The molecule has 0 N–H and O–H groups in total. The van der Waals surface area contributed by atoms with Gasteiger partial charge in [-0.1, -0.05) is 13.8 Å². The molecule has 2 aliphatic rings. The molecule has 0 radical (unpaired) electrons. The maximum atomic E-state index is 12.2. The fraction of sp³-hybridized carbons (Fsp3) is 0.933. The molecule has 0 spiro atoms. The van der Waals surface area contributed by atoms with E-state index in [1.54, 1.807) is 0 Å². The molecule has 1 aliphatic heterocycles. The van der Waals surface area contributed by atoms with Gasteiger partial charge in [-0.25, -0.2) is 0 Å². The Labute approximate surface area is 111 Å². The summed E-state index contributed by atoms with van der Waals surface area (Å²) in [5.41, 5.74) is 0. The van der Waals surface area contributed by atoms with Crippen LogP contribution in [0.25, 0.3) is 0 Å². The van der Waals surface area contributed by atoms with Crippen molar-refractivity contribution < 1.29 is 9.53 Å². The molecule has 0 bridgehead atoms. The van der Waals surface area contributed by atoms with Crippen molar-refractivity contribution in [1.29, 1.82) is 0 Å². The fourth-order valence-corrected chi connectivity index (χ4v) is 3.69. The van der Waals surface area contributed by atoms with E-state index in [0.717, 1.165) is 26.1 Å². The predicted octanol–water partition coefficient (Wildman–Crippen LogP) is 2.35. The van der Waals surface area contributed by atoms with Crippen LogP contribution < -0.4 is 0 Å². The van der Waals surface area contributed by atoms with Crippen LogP contribution in [0, 0.1) is 17.8 Å². The van der Waals surface area contributed by atoms with Gasteiger partial charge in [-0.2, -0.15) is 0 Å². The van der Waals surface area contributed by atoms with Crippen LogP contribution in [0.2, 0.25) is 0 Å². The lowest BCUT2D eigenvalue weighted by Crippen LogP contribution is -2.49. The number of ether oxygens (including phenoxy) is 1. The SMILES string of the molecule is CC1CC(=O)C(CN2CC(C)OC(C)C2)C(C)C1. The number of morpholine rings is 1. The van der Waals surface area contributed by atoms with E-state index in [-0.39, 0.29) is 5.92 Å². The van der Waals surface area contributed by atoms with E-state index in [0.29, 0.717) is 29.8 Å². The monoisotopic (exact) mass is 253 g/mol. The van der Waals surface area contributed by atoms with Crippen molar-refractivity contribution in [1.82, 2.24) is 4.90 Å².